The number of nitrogens with zero attached hydrogens (tertiary/aromatic N) is 2. The predicted octanol–water partition coefficient (Wildman–Crippen LogP) is 4.45. The fourth-order valence-corrected chi connectivity index (χ4v) is 4.54. The Hall–Kier alpha value is -2.79. The molecule has 1 aliphatic rings. The van der Waals surface area contributed by atoms with Gasteiger partial charge in [-0.3, -0.25) is 0 Å². The number of hydrogen-bond acceptors (Lipinski definition) is 5. The van der Waals surface area contributed by atoms with Crippen molar-refractivity contribution < 1.29 is 30.4 Å². The van der Waals surface area contributed by atoms with Gasteiger partial charge in [-0.1, -0.05) is 32.0 Å². The van der Waals surface area contributed by atoms with E-state index in [2.05, 4.69) is 10.2 Å². The molecule has 4 rings (SSSR count). The lowest BCUT2D eigenvalue weighted by molar-refractivity contribution is -0.137. The van der Waals surface area contributed by atoms with E-state index in [1.165, 1.54) is 12.1 Å². The summed E-state index contributed by atoms with van der Waals surface area (Å²) in [5.74, 6) is -2.08. The molecule has 1 heterocycles. The number of primary sulfonamides is 1. The molecule has 1 saturated carbocycles. The monoisotopic (exact) mass is 455 g/mol. The fraction of sp³-hybridized carbons (Fsp3) is 0.300. The van der Waals surface area contributed by atoms with E-state index in [1.807, 2.05) is 13.8 Å². The maximum Gasteiger partial charge on any atom is 0.417 e. The Morgan fingerprint density at radius 1 is 1.03 bits per heavy atom. The second kappa shape index (κ2) is 6.86. The molecular formula is C20H17F4N3O3S. The molecule has 1 fully saturated rings. The summed E-state index contributed by atoms with van der Waals surface area (Å²) in [5.41, 5.74) is -1.60. The summed E-state index contributed by atoms with van der Waals surface area (Å²) in [4.78, 5) is -0.0365. The third kappa shape index (κ3) is 3.72. The zero-order chi connectivity index (χ0) is 22.8. The summed E-state index contributed by atoms with van der Waals surface area (Å²) >= 11 is 0. The number of rotatable bonds is 4. The number of aromatic nitrogens is 2. The van der Waals surface area contributed by atoms with Gasteiger partial charge in [-0.2, -0.15) is 13.2 Å². The van der Waals surface area contributed by atoms with Crippen molar-refractivity contribution in [2.45, 2.75) is 36.8 Å². The summed E-state index contributed by atoms with van der Waals surface area (Å²) in [6, 6.07) is 8.59. The smallest absolute Gasteiger partial charge is 0.417 e. The molecule has 2 aromatic carbocycles. The summed E-state index contributed by atoms with van der Waals surface area (Å²) in [6.07, 6.45) is -4.79. The average molecular weight is 455 g/mol. The van der Waals surface area contributed by atoms with Crippen molar-refractivity contribution in [1.29, 1.82) is 0 Å². The van der Waals surface area contributed by atoms with Crippen LogP contribution in [0.4, 0.5) is 17.6 Å². The highest BCUT2D eigenvalue weighted by atomic mass is 32.2. The van der Waals surface area contributed by atoms with E-state index in [1.54, 1.807) is 12.1 Å². The van der Waals surface area contributed by atoms with Crippen LogP contribution in [-0.2, 0) is 16.2 Å². The van der Waals surface area contributed by atoms with Crippen LogP contribution in [0.1, 0.15) is 42.7 Å². The Balaban J connectivity index is 1.68. The lowest BCUT2D eigenvalue weighted by Crippen LogP contribution is -2.11. The van der Waals surface area contributed by atoms with Gasteiger partial charge in [0.2, 0.25) is 15.9 Å². The van der Waals surface area contributed by atoms with Crippen molar-refractivity contribution in [3.63, 3.8) is 0 Å². The van der Waals surface area contributed by atoms with Crippen molar-refractivity contribution >= 4 is 10.0 Å². The van der Waals surface area contributed by atoms with Crippen LogP contribution in [0.3, 0.4) is 0 Å². The van der Waals surface area contributed by atoms with Crippen molar-refractivity contribution in [3.8, 4) is 11.5 Å². The van der Waals surface area contributed by atoms with E-state index in [9.17, 15) is 26.0 Å². The lowest BCUT2D eigenvalue weighted by Gasteiger charge is -2.10. The minimum Gasteiger partial charge on any atom is -0.420 e. The van der Waals surface area contributed by atoms with Crippen LogP contribution in [0.2, 0.25) is 0 Å². The minimum absolute atomic E-state index is 0.0365. The first kappa shape index (κ1) is 21.4. The number of alkyl halides is 3. The van der Waals surface area contributed by atoms with Gasteiger partial charge in [0.1, 0.15) is 5.82 Å². The molecular weight excluding hydrogens is 438 g/mol. The van der Waals surface area contributed by atoms with Gasteiger partial charge < -0.3 is 4.42 Å². The Bertz CT molecular complexity index is 1250. The molecule has 0 aliphatic heterocycles. The fourth-order valence-electron chi connectivity index (χ4n) is 4.02. The maximum absolute atomic E-state index is 14.2. The third-order valence-corrected chi connectivity index (χ3v) is 6.56. The normalized spacial score (nSPS) is 20.6. The van der Waals surface area contributed by atoms with E-state index in [-0.39, 0.29) is 22.6 Å². The Morgan fingerprint density at radius 2 is 1.68 bits per heavy atom. The first-order chi connectivity index (χ1) is 14.3. The summed E-state index contributed by atoms with van der Waals surface area (Å²) in [7, 11) is -3.84. The maximum atomic E-state index is 14.2. The van der Waals surface area contributed by atoms with Crippen LogP contribution < -0.4 is 5.14 Å². The largest absolute Gasteiger partial charge is 0.420 e. The van der Waals surface area contributed by atoms with Gasteiger partial charge in [0, 0.05) is 5.92 Å². The Labute approximate surface area is 175 Å². The van der Waals surface area contributed by atoms with Gasteiger partial charge >= 0.3 is 6.18 Å². The van der Waals surface area contributed by atoms with Crippen molar-refractivity contribution in [1.82, 2.24) is 10.2 Å². The van der Waals surface area contributed by atoms with Crippen molar-refractivity contribution in [2.24, 2.45) is 10.6 Å². The second-order valence-electron chi connectivity index (χ2n) is 8.00. The molecule has 2 N–H and O–H groups in total. The molecule has 3 aromatic rings. The van der Waals surface area contributed by atoms with Crippen molar-refractivity contribution in [2.75, 3.05) is 0 Å². The number of sulfonamides is 1. The van der Waals surface area contributed by atoms with Crippen LogP contribution in [0, 0.1) is 11.2 Å². The molecule has 0 radical (unpaired) electrons. The van der Waals surface area contributed by atoms with Crippen LogP contribution in [0.5, 0.6) is 0 Å². The third-order valence-electron chi connectivity index (χ3n) is 5.63. The highest BCUT2D eigenvalue weighted by Crippen LogP contribution is 2.69. The summed E-state index contributed by atoms with van der Waals surface area (Å²) in [6.45, 7) is 3.81. The topological polar surface area (TPSA) is 99.1 Å². The molecule has 2 atom stereocenters. The molecule has 0 amide bonds. The quantitative estimate of drug-likeness (QED) is 0.586. The van der Waals surface area contributed by atoms with Gasteiger partial charge in [-0.25, -0.2) is 17.9 Å². The first-order valence-corrected chi connectivity index (χ1v) is 10.7. The molecule has 0 spiro atoms. The predicted molar refractivity (Wildman–Crippen MR) is 102 cm³/mol. The molecule has 1 aromatic heterocycles. The van der Waals surface area contributed by atoms with Crippen molar-refractivity contribution in [3.05, 3.63) is 65.3 Å². The molecule has 164 valence electrons. The number of nitrogens with two attached hydrogens (primary N) is 1. The highest BCUT2D eigenvalue weighted by Gasteiger charge is 2.62. The molecule has 6 nitrogen and oxygen atoms in total. The first-order valence-electron chi connectivity index (χ1n) is 9.14. The zero-order valence-corrected chi connectivity index (χ0v) is 17.1. The van der Waals surface area contributed by atoms with E-state index in [4.69, 9.17) is 9.56 Å². The van der Waals surface area contributed by atoms with Crippen LogP contribution in [0.15, 0.2) is 51.8 Å². The van der Waals surface area contributed by atoms with Crippen LogP contribution in [0.25, 0.3) is 11.5 Å². The standard InChI is InChI=1S/C20H17F4N3O3S/c1-19(2)15(10-6-8-11(9-7-10)31(25,28)29)16(19)18-27-26-17(30-18)14-12(20(22,23)24)4-3-5-13(14)21/h3-9,15-16H,1-2H3,(H2,25,28,29)/t15-,16+/m1/s1. The molecule has 11 heteroatoms. The van der Waals surface area contributed by atoms with E-state index in [0.717, 1.165) is 23.8 Å². The lowest BCUT2D eigenvalue weighted by atomic mass is 10.0. The van der Waals surface area contributed by atoms with E-state index < -0.39 is 44.4 Å². The Kier molecular flexibility index (Phi) is 4.74. The molecule has 0 bridgehead atoms. The summed E-state index contributed by atoms with van der Waals surface area (Å²) < 4.78 is 82.5. The zero-order valence-electron chi connectivity index (χ0n) is 16.3. The average Bonchev–Trinajstić information content (AvgIpc) is 2.99. The molecule has 1 aliphatic carbocycles. The molecule has 0 unspecified atom stereocenters. The van der Waals surface area contributed by atoms with E-state index >= 15 is 0 Å². The van der Waals surface area contributed by atoms with Gasteiger partial charge in [-0.15, -0.1) is 10.2 Å². The number of halogens is 4. The van der Waals surface area contributed by atoms with Gasteiger partial charge in [-0.05, 0) is 35.2 Å². The van der Waals surface area contributed by atoms with Gasteiger partial charge in [0.05, 0.1) is 21.9 Å². The van der Waals surface area contributed by atoms with Crippen LogP contribution >= 0.6 is 0 Å². The second-order valence-corrected chi connectivity index (χ2v) is 9.56. The number of hydrogen-bond donors (Lipinski definition) is 1. The minimum atomic E-state index is -4.79. The number of benzene rings is 2. The highest BCUT2D eigenvalue weighted by molar-refractivity contribution is 7.89. The van der Waals surface area contributed by atoms with Gasteiger partial charge in [0.15, 0.2) is 0 Å². The summed E-state index contributed by atoms with van der Waals surface area (Å²) in [5, 5.41) is 12.7. The SMILES string of the molecule is CC1(C)[C@H](c2ccc(S(N)(=O)=O)cc2)[C@H]1c1nnc(-c2c(F)cccc2C(F)(F)F)o1. The van der Waals surface area contributed by atoms with Gasteiger partial charge in [0.25, 0.3) is 5.89 Å². The molecule has 0 saturated heterocycles. The Morgan fingerprint density at radius 3 is 2.26 bits per heavy atom. The molecule has 31 heavy (non-hydrogen) atoms. The van der Waals surface area contributed by atoms with E-state index in [0.29, 0.717) is 0 Å². The van der Waals surface area contributed by atoms with Crippen LogP contribution in [-0.4, -0.2) is 18.6 Å².